The van der Waals surface area contributed by atoms with Gasteiger partial charge >= 0.3 is 6.18 Å². The van der Waals surface area contributed by atoms with Crippen molar-refractivity contribution in [1.82, 2.24) is 14.6 Å². The van der Waals surface area contributed by atoms with Crippen LogP contribution in [0.25, 0.3) is 0 Å². The van der Waals surface area contributed by atoms with Gasteiger partial charge in [0.15, 0.2) is 0 Å². The van der Waals surface area contributed by atoms with Gasteiger partial charge in [0.25, 0.3) is 0 Å². The average molecular weight is 654 g/mol. The van der Waals surface area contributed by atoms with Gasteiger partial charge in [-0.25, -0.2) is 12.8 Å². The summed E-state index contributed by atoms with van der Waals surface area (Å²) < 4.78 is 82.8. The van der Waals surface area contributed by atoms with Crippen LogP contribution < -0.4 is 16.4 Å². The number of alkyl halides is 3. The van der Waals surface area contributed by atoms with E-state index in [0.29, 0.717) is 36.5 Å². The lowest BCUT2D eigenvalue weighted by molar-refractivity contribution is -0.141. The third-order valence-corrected chi connectivity index (χ3v) is 10.4. The van der Waals surface area contributed by atoms with Crippen LogP contribution in [-0.4, -0.2) is 60.6 Å². The highest BCUT2D eigenvalue weighted by Gasteiger charge is 2.38. The van der Waals surface area contributed by atoms with Gasteiger partial charge in [-0.1, -0.05) is 29.8 Å². The fourth-order valence-electron chi connectivity index (χ4n) is 5.93. The smallest absolute Gasteiger partial charge is 0.324 e. The number of fused-ring (bicyclic) bond motifs is 2. The van der Waals surface area contributed by atoms with Crippen LogP contribution in [0.15, 0.2) is 60.8 Å². The van der Waals surface area contributed by atoms with E-state index in [0.717, 1.165) is 18.7 Å². The molecule has 2 fully saturated rings. The number of nitrogens with two attached hydrogens (primary N) is 1. The molecule has 5 rings (SSSR count). The molecule has 2 saturated heterocycles. The van der Waals surface area contributed by atoms with Gasteiger partial charge in [-0.2, -0.15) is 17.5 Å². The monoisotopic (exact) mass is 653 g/mol. The van der Waals surface area contributed by atoms with Gasteiger partial charge in [0, 0.05) is 53.6 Å². The molecule has 14 heteroatoms. The molecule has 5 atom stereocenters. The van der Waals surface area contributed by atoms with Gasteiger partial charge in [-0.05, 0) is 73.2 Å². The molecule has 8 nitrogen and oxygen atoms in total. The standard InChI is InChI=1S/C30H32ClF4N5O3S/c31-20-8-6-18(7-9-20)27(19-12-13-37-26(15-19)30(33,34)35)28(36)29(41)39-25-5-1-4-24(32)23(25)11-10-22-16-38-21-3-2-14-44(42,43)40(22)17-21/h1,4-9,12-13,15,21-22,27-28,38H,2-3,10-11,14,16-17,36H2,(H,39,41)/t21?,22?,27-,28+/m1/s1. The lowest BCUT2D eigenvalue weighted by Crippen LogP contribution is -2.57. The molecule has 2 aliphatic rings. The predicted octanol–water partition coefficient (Wildman–Crippen LogP) is 4.69. The number of carbonyl (C=O) groups excluding carboxylic acids is 1. The first-order chi connectivity index (χ1) is 20.8. The van der Waals surface area contributed by atoms with Crippen LogP contribution in [0.5, 0.6) is 0 Å². The number of nitrogens with zero attached hydrogens (tertiary/aromatic N) is 2. The summed E-state index contributed by atoms with van der Waals surface area (Å²) in [4.78, 5) is 17.0. The van der Waals surface area contributed by atoms with Gasteiger partial charge in [0.1, 0.15) is 11.5 Å². The molecule has 0 spiro atoms. The van der Waals surface area contributed by atoms with E-state index >= 15 is 4.39 Å². The molecule has 4 N–H and O–H groups in total. The summed E-state index contributed by atoms with van der Waals surface area (Å²) in [6.07, 6.45) is -1.95. The number of hydrogen-bond donors (Lipinski definition) is 3. The van der Waals surface area contributed by atoms with Crippen molar-refractivity contribution < 1.29 is 30.8 Å². The Balaban J connectivity index is 1.39. The quantitative estimate of drug-likeness (QED) is 0.304. The summed E-state index contributed by atoms with van der Waals surface area (Å²) >= 11 is 6.02. The SMILES string of the molecule is N[C@H](C(=O)Nc1cccc(F)c1CCC1CNC2CCCS(=O)(=O)N1C2)[C@H](c1ccc(Cl)cc1)c1ccnc(C(F)(F)F)c1. The predicted molar refractivity (Wildman–Crippen MR) is 159 cm³/mol. The maximum atomic E-state index is 15.2. The molecule has 2 aliphatic heterocycles. The zero-order valence-corrected chi connectivity index (χ0v) is 25.1. The second kappa shape index (κ2) is 13.1. The minimum absolute atomic E-state index is 0.0668. The number of rotatable bonds is 8. The van der Waals surface area contributed by atoms with Crippen molar-refractivity contribution in [2.45, 2.75) is 55.9 Å². The Labute approximate surface area is 258 Å². The van der Waals surface area contributed by atoms with E-state index in [4.69, 9.17) is 17.3 Å². The average Bonchev–Trinajstić information content (AvgIpc) is 3.09. The molecule has 1 amide bonds. The first kappa shape index (κ1) is 32.3. The van der Waals surface area contributed by atoms with E-state index in [9.17, 15) is 26.4 Å². The number of halogens is 5. The van der Waals surface area contributed by atoms with Crippen molar-refractivity contribution >= 4 is 33.2 Å². The maximum absolute atomic E-state index is 15.2. The van der Waals surface area contributed by atoms with E-state index in [1.54, 1.807) is 12.1 Å². The van der Waals surface area contributed by atoms with Gasteiger partial charge in [-0.15, -0.1) is 0 Å². The fraction of sp³-hybridized carbons (Fsp3) is 0.400. The summed E-state index contributed by atoms with van der Waals surface area (Å²) in [5.41, 5.74) is 6.16. The van der Waals surface area contributed by atoms with Crippen LogP contribution in [-0.2, 0) is 27.4 Å². The topological polar surface area (TPSA) is 117 Å². The van der Waals surface area contributed by atoms with Crippen molar-refractivity contribution in [3.8, 4) is 0 Å². The van der Waals surface area contributed by atoms with Crippen molar-refractivity contribution in [1.29, 1.82) is 0 Å². The van der Waals surface area contributed by atoms with Crippen LogP contribution in [0, 0.1) is 5.82 Å². The van der Waals surface area contributed by atoms with Crippen molar-refractivity contribution in [2.75, 3.05) is 24.2 Å². The zero-order chi connectivity index (χ0) is 31.6. The number of benzene rings is 2. The summed E-state index contributed by atoms with van der Waals surface area (Å²) in [6.45, 7) is 0.791. The number of hydrogen-bond acceptors (Lipinski definition) is 6. The number of anilines is 1. The van der Waals surface area contributed by atoms with Gasteiger partial charge in [0.05, 0.1) is 11.8 Å². The Morgan fingerprint density at radius 2 is 1.91 bits per heavy atom. The van der Waals surface area contributed by atoms with Crippen LogP contribution in [0.1, 0.15) is 47.6 Å². The Morgan fingerprint density at radius 3 is 2.64 bits per heavy atom. The number of aromatic nitrogens is 1. The number of piperazine rings is 1. The highest BCUT2D eigenvalue weighted by molar-refractivity contribution is 7.89. The van der Waals surface area contributed by atoms with Gasteiger partial charge < -0.3 is 16.4 Å². The van der Waals surface area contributed by atoms with Crippen LogP contribution in [0.3, 0.4) is 0 Å². The van der Waals surface area contributed by atoms with E-state index in [1.807, 2.05) is 0 Å². The number of nitrogens with one attached hydrogen (secondary N) is 2. The highest BCUT2D eigenvalue weighted by Crippen LogP contribution is 2.34. The van der Waals surface area contributed by atoms with E-state index in [-0.39, 0.29) is 41.1 Å². The normalized spacial score (nSPS) is 22.9. The summed E-state index contributed by atoms with van der Waals surface area (Å²) in [5.74, 6) is -2.30. The molecule has 1 aromatic heterocycles. The minimum Gasteiger partial charge on any atom is -0.324 e. The molecule has 3 unspecified atom stereocenters. The van der Waals surface area contributed by atoms with Crippen LogP contribution in [0.4, 0.5) is 23.2 Å². The maximum Gasteiger partial charge on any atom is 0.433 e. The zero-order valence-electron chi connectivity index (χ0n) is 23.5. The number of pyridine rings is 1. The Kier molecular flexibility index (Phi) is 9.61. The molecule has 2 bridgehead atoms. The third kappa shape index (κ3) is 7.23. The molecule has 3 heterocycles. The Bertz CT molecular complexity index is 1610. The molecular formula is C30H32ClF4N5O3S. The van der Waals surface area contributed by atoms with Gasteiger partial charge in [-0.3, -0.25) is 9.78 Å². The first-order valence-corrected chi connectivity index (χ1v) is 16.2. The molecule has 0 aliphatic carbocycles. The van der Waals surface area contributed by atoms with Crippen LogP contribution in [0.2, 0.25) is 5.02 Å². The molecule has 44 heavy (non-hydrogen) atoms. The van der Waals surface area contributed by atoms with E-state index in [2.05, 4.69) is 15.6 Å². The molecule has 3 aromatic rings. The lowest BCUT2D eigenvalue weighted by atomic mass is 9.85. The van der Waals surface area contributed by atoms with Gasteiger partial charge in [0.2, 0.25) is 15.9 Å². The molecular weight excluding hydrogens is 622 g/mol. The van der Waals surface area contributed by atoms with Crippen molar-refractivity contribution in [3.05, 3.63) is 94.0 Å². The first-order valence-electron chi connectivity index (χ1n) is 14.2. The van der Waals surface area contributed by atoms with E-state index < -0.39 is 45.6 Å². The third-order valence-electron chi connectivity index (χ3n) is 8.19. The molecule has 236 valence electrons. The highest BCUT2D eigenvalue weighted by atomic mass is 35.5. The van der Waals surface area contributed by atoms with Crippen LogP contribution >= 0.6 is 11.6 Å². The fourth-order valence-corrected chi connectivity index (χ4v) is 7.86. The molecule has 2 aromatic carbocycles. The summed E-state index contributed by atoms with van der Waals surface area (Å²) in [7, 11) is -3.44. The largest absolute Gasteiger partial charge is 0.433 e. The minimum atomic E-state index is -4.72. The lowest BCUT2D eigenvalue weighted by Gasteiger charge is -2.37. The Hall–Kier alpha value is -3.10. The van der Waals surface area contributed by atoms with Crippen molar-refractivity contribution in [2.24, 2.45) is 5.73 Å². The second-order valence-corrected chi connectivity index (χ2v) is 13.6. The van der Waals surface area contributed by atoms with E-state index in [1.165, 1.54) is 40.7 Å². The Morgan fingerprint density at radius 1 is 1.16 bits per heavy atom. The van der Waals surface area contributed by atoms with Crippen molar-refractivity contribution in [3.63, 3.8) is 0 Å². The number of amides is 1. The number of carbonyl (C=O) groups is 1. The molecule has 0 saturated carbocycles. The second-order valence-electron chi connectivity index (χ2n) is 11.1. The number of sulfonamides is 1. The molecule has 0 radical (unpaired) electrons. The summed E-state index contributed by atoms with van der Waals surface area (Å²) in [5, 5.41) is 6.44. The summed E-state index contributed by atoms with van der Waals surface area (Å²) in [6, 6.07) is 10.9.